The van der Waals surface area contributed by atoms with Crippen LogP contribution in [0.2, 0.25) is 5.02 Å². The van der Waals surface area contributed by atoms with Crippen molar-refractivity contribution in [3.63, 3.8) is 0 Å². The normalized spacial score (nSPS) is 11.4. The predicted octanol–water partition coefficient (Wildman–Crippen LogP) is 4.63. The zero-order chi connectivity index (χ0) is 22.8. The number of carbonyl (C=O) groups is 1. The Morgan fingerprint density at radius 2 is 1.73 bits per heavy atom. The number of nitrogens with one attached hydrogen (secondary N) is 1. The summed E-state index contributed by atoms with van der Waals surface area (Å²) in [7, 11) is 0. The van der Waals surface area contributed by atoms with Gasteiger partial charge in [-0.3, -0.25) is 4.79 Å². The fourth-order valence-electron chi connectivity index (χ4n) is 3.57. The first-order valence-electron chi connectivity index (χ1n) is 10.3. The van der Waals surface area contributed by atoms with E-state index in [4.69, 9.17) is 22.3 Å². The zero-order valence-electron chi connectivity index (χ0n) is 17.4. The number of hydrogen-bond donors (Lipinski definition) is 2. The van der Waals surface area contributed by atoms with Gasteiger partial charge in [-0.25, -0.2) is 9.97 Å². The molecule has 3 aromatic carbocycles. The number of halogens is 1. The molecule has 0 aliphatic heterocycles. The Bertz CT molecular complexity index is 1510. The van der Waals surface area contributed by atoms with Gasteiger partial charge in [-0.15, -0.1) is 0 Å². The van der Waals surface area contributed by atoms with Crippen molar-refractivity contribution in [2.75, 3.05) is 5.73 Å². The first-order chi connectivity index (χ1) is 16.1. The highest BCUT2D eigenvalue weighted by atomic mass is 35.5. The van der Waals surface area contributed by atoms with E-state index in [0.717, 1.165) is 11.1 Å². The molecule has 1 amide bonds. The third kappa shape index (κ3) is 4.14. The van der Waals surface area contributed by atoms with Crippen molar-refractivity contribution in [1.82, 2.24) is 20.0 Å². The fourth-order valence-corrected chi connectivity index (χ4v) is 3.76. The van der Waals surface area contributed by atoms with Gasteiger partial charge in [0.05, 0.1) is 17.2 Å². The molecule has 2 heterocycles. The van der Waals surface area contributed by atoms with Crippen LogP contribution < -0.4 is 11.1 Å². The second-order valence-corrected chi connectivity index (χ2v) is 7.86. The number of benzene rings is 3. The van der Waals surface area contributed by atoms with Crippen LogP contribution in [-0.2, 0) is 6.54 Å². The topological polar surface area (TPSA) is 98.2 Å². The SMILES string of the molecule is Nc1c(C(=O)NCc2ccccc2)c2nc3ccccc3nc2n1/N=C/c1cccc(Cl)c1. The standard InChI is InChI=1S/C25H19ClN6O/c26-18-10-6-9-17(13-18)15-29-32-23(27)21(25(33)28-14-16-7-2-1-3-8-16)22-24(32)31-20-12-5-4-11-19(20)30-22/h1-13,15H,14,27H2,(H,28,33)/b29-15+. The third-order valence-electron chi connectivity index (χ3n) is 5.17. The summed E-state index contributed by atoms with van der Waals surface area (Å²) < 4.78 is 1.44. The molecule has 0 unspecified atom stereocenters. The highest BCUT2D eigenvalue weighted by molar-refractivity contribution is 6.30. The maximum absolute atomic E-state index is 13.2. The summed E-state index contributed by atoms with van der Waals surface area (Å²) in [5, 5.41) is 8.01. The van der Waals surface area contributed by atoms with E-state index in [1.54, 1.807) is 18.3 Å². The number of nitrogens with two attached hydrogens (primary N) is 1. The number of anilines is 1. The van der Waals surface area contributed by atoms with E-state index in [0.29, 0.717) is 33.8 Å². The number of fused-ring (bicyclic) bond motifs is 2. The number of nitrogen functional groups attached to an aromatic ring is 1. The Kier molecular flexibility index (Phi) is 5.46. The summed E-state index contributed by atoms with van der Waals surface area (Å²) in [4.78, 5) is 22.6. The van der Waals surface area contributed by atoms with Crippen LogP contribution in [0.25, 0.3) is 22.2 Å². The van der Waals surface area contributed by atoms with Gasteiger partial charge in [0.1, 0.15) is 16.9 Å². The lowest BCUT2D eigenvalue weighted by Gasteiger charge is -2.05. The van der Waals surface area contributed by atoms with Crippen molar-refractivity contribution in [1.29, 1.82) is 0 Å². The quantitative estimate of drug-likeness (QED) is 0.378. The molecular formula is C25H19ClN6O. The molecule has 33 heavy (non-hydrogen) atoms. The van der Waals surface area contributed by atoms with Crippen molar-refractivity contribution >= 4 is 51.7 Å². The highest BCUT2D eigenvalue weighted by Crippen LogP contribution is 2.28. The molecule has 162 valence electrons. The minimum atomic E-state index is -0.345. The van der Waals surface area contributed by atoms with E-state index >= 15 is 0 Å². The van der Waals surface area contributed by atoms with Gasteiger partial charge in [0.2, 0.25) is 0 Å². The summed E-state index contributed by atoms with van der Waals surface area (Å²) in [5.41, 5.74) is 10.6. The molecule has 0 saturated heterocycles. The summed E-state index contributed by atoms with van der Waals surface area (Å²) in [6, 6.07) is 24.3. The van der Waals surface area contributed by atoms with Crippen molar-refractivity contribution in [2.45, 2.75) is 6.54 Å². The number of nitrogens with zero attached hydrogens (tertiary/aromatic N) is 4. The van der Waals surface area contributed by atoms with Gasteiger partial charge in [-0.05, 0) is 35.4 Å². The number of hydrogen-bond acceptors (Lipinski definition) is 5. The molecule has 3 N–H and O–H groups in total. The summed E-state index contributed by atoms with van der Waals surface area (Å²) in [5.74, 6) is -0.188. The minimum Gasteiger partial charge on any atom is -0.383 e. The number of para-hydroxylation sites is 2. The van der Waals surface area contributed by atoms with Crippen LogP contribution in [0.5, 0.6) is 0 Å². The molecule has 0 bridgehead atoms. The molecule has 8 heteroatoms. The molecular weight excluding hydrogens is 436 g/mol. The molecule has 2 aromatic heterocycles. The lowest BCUT2D eigenvalue weighted by atomic mass is 10.2. The molecule has 0 spiro atoms. The molecule has 0 saturated carbocycles. The molecule has 0 fully saturated rings. The van der Waals surface area contributed by atoms with Crippen LogP contribution in [0.3, 0.4) is 0 Å². The van der Waals surface area contributed by atoms with E-state index in [-0.39, 0.29) is 17.3 Å². The van der Waals surface area contributed by atoms with E-state index in [1.165, 1.54) is 4.68 Å². The fraction of sp³-hybridized carbons (Fsp3) is 0.0400. The van der Waals surface area contributed by atoms with E-state index in [2.05, 4.69) is 15.4 Å². The van der Waals surface area contributed by atoms with Crippen molar-refractivity contribution in [3.05, 3.63) is 101 Å². The first kappa shape index (κ1) is 20.7. The summed E-state index contributed by atoms with van der Waals surface area (Å²) in [6.07, 6.45) is 1.62. The Labute approximate surface area is 194 Å². The number of carbonyl (C=O) groups excluding carboxylic acids is 1. The van der Waals surface area contributed by atoms with Crippen molar-refractivity contribution < 1.29 is 4.79 Å². The van der Waals surface area contributed by atoms with Crippen LogP contribution >= 0.6 is 11.6 Å². The second kappa shape index (κ2) is 8.72. The number of amides is 1. The van der Waals surface area contributed by atoms with Crippen molar-refractivity contribution in [3.8, 4) is 0 Å². The first-order valence-corrected chi connectivity index (χ1v) is 10.7. The van der Waals surface area contributed by atoms with Crippen LogP contribution in [0.15, 0.2) is 84.0 Å². The average molecular weight is 455 g/mol. The smallest absolute Gasteiger partial charge is 0.257 e. The molecule has 5 rings (SSSR count). The summed E-state index contributed by atoms with van der Waals surface area (Å²) >= 11 is 6.08. The lowest BCUT2D eigenvalue weighted by Crippen LogP contribution is -2.23. The molecule has 0 aliphatic carbocycles. The maximum atomic E-state index is 13.2. The Morgan fingerprint density at radius 3 is 2.48 bits per heavy atom. The average Bonchev–Trinajstić information content (AvgIpc) is 3.10. The molecule has 0 radical (unpaired) electrons. The number of aromatic nitrogens is 3. The highest BCUT2D eigenvalue weighted by Gasteiger charge is 2.24. The Morgan fingerprint density at radius 1 is 1.00 bits per heavy atom. The van der Waals surface area contributed by atoms with Gasteiger partial charge in [0, 0.05) is 11.6 Å². The Hall–Kier alpha value is -4.23. The van der Waals surface area contributed by atoms with Crippen LogP contribution in [0.4, 0.5) is 5.82 Å². The van der Waals surface area contributed by atoms with Gasteiger partial charge >= 0.3 is 0 Å². The van der Waals surface area contributed by atoms with Gasteiger partial charge in [0.25, 0.3) is 5.91 Å². The van der Waals surface area contributed by atoms with Gasteiger partial charge in [0.15, 0.2) is 5.65 Å². The van der Waals surface area contributed by atoms with E-state index < -0.39 is 0 Å². The van der Waals surface area contributed by atoms with Gasteiger partial charge in [-0.1, -0.05) is 66.2 Å². The monoisotopic (exact) mass is 454 g/mol. The molecule has 0 atom stereocenters. The Balaban J connectivity index is 1.61. The van der Waals surface area contributed by atoms with E-state index in [9.17, 15) is 4.79 Å². The maximum Gasteiger partial charge on any atom is 0.257 e. The summed E-state index contributed by atoms with van der Waals surface area (Å²) in [6.45, 7) is 0.360. The third-order valence-corrected chi connectivity index (χ3v) is 5.40. The second-order valence-electron chi connectivity index (χ2n) is 7.42. The van der Waals surface area contributed by atoms with E-state index in [1.807, 2.05) is 66.7 Å². The predicted molar refractivity (Wildman–Crippen MR) is 132 cm³/mol. The number of rotatable bonds is 5. The van der Waals surface area contributed by atoms with Crippen LogP contribution in [-0.4, -0.2) is 26.8 Å². The minimum absolute atomic E-state index is 0.157. The van der Waals surface area contributed by atoms with Crippen LogP contribution in [0, 0.1) is 0 Å². The van der Waals surface area contributed by atoms with Crippen molar-refractivity contribution in [2.24, 2.45) is 5.10 Å². The molecule has 7 nitrogen and oxygen atoms in total. The van der Waals surface area contributed by atoms with Gasteiger partial charge in [-0.2, -0.15) is 9.78 Å². The largest absolute Gasteiger partial charge is 0.383 e. The van der Waals surface area contributed by atoms with Crippen LogP contribution in [0.1, 0.15) is 21.5 Å². The molecule has 0 aliphatic rings. The van der Waals surface area contributed by atoms with Gasteiger partial charge < -0.3 is 11.1 Å². The molecule has 5 aromatic rings. The zero-order valence-corrected chi connectivity index (χ0v) is 18.2. The lowest BCUT2D eigenvalue weighted by molar-refractivity contribution is 0.0953.